The number of esters is 1. The van der Waals surface area contributed by atoms with Crippen molar-refractivity contribution in [3.8, 4) is 0 Å². The van der Waals surface area contributed by atoms with Gasteiger partial charge in [-0.15, -0.1) is 0 Å². The number of hydrogen-bond donors (Lipinski definition) is 1. The fourth-order valence-corrected chi connectivity index (χ4v) is 3.76. The van der Waals surface area contributed by atoms with Crippen LogP contribution in [0.4, 0.5) is 5.69 Å². The van der Waals surface area contributed by atoms with Gasteiger partial charge in [-0.2, -0.15) is 0 Å². The van der Waals surface area contributed by atoms with E-state index >= 15 is 0 Å². The molecule has 3 rings (SSSR count). The highest BCUT2D eigenvalue weighted by atomic mass is 35.5. The van der Waals surface area contributed by atoms with Crippen molar-refractivity contribution in [2.75, 3.05) is 26.0 Å². The van der Waals surface area contributed by atoms with Gasteiger partial charge >= 0.3 is 5.97 Å². The van der Waals surface area contributed by atoms with Gasteiger partial charge in [0, 0.05) is 25.6 Å². The Balaban J connectivity index is 1.59. The van der Waals surface area contributed by atoms with Crippen LogP contribution in [0.15, 0.2) is 65.6 Å². The summed E-state index contributed by atoms with van der Waals surface area (Å²) < 4.78 is 30.5. The largest absolute Gasteiger partial charge is 0.452 e. The Hall–Kier alpha value is -3.27. The van der Waals surface area contributed by atoms with Gasteiger partial charge in [0.2, 0.25) is 10.0 Å². The number of nitrogens with one attached hydrogen (secondary N) is 1. The first-order valence-electron chi connectivity index (χ1n) is 9.39. The fourth-order valence-electron chi connectivity index (χ4n) is 2.67. The molecular weight excluding hydrogens is 454 g/mol. The van der Waals surface area contributed by atoms with Crippen LogP contribution >= 0.6 is 11.6 Å². The van der Waals surface area contributed by atoms with Gasteiger partial charge in [0.25, 0.3) is 5.91 Å². The average Bonchev–Trinajstić information content (AvgIpc) is 2.77. The van der Waals surface area contributed by atoms with Crippen molar-refractivity contribution >= 4 is 56.2 Å². The fraction of sp³-hybridized carbons (Fsp3) is 0.136. The number of para-hydroxylation sites is 1. The zero-order valence-electron chi connectivity index (χ0n) is 17.3. The van der Waals surface area contributed by atoms with E-state index in [4.69, 9.17) is 16.3 Å². The molecule has 1 heterocycles. The first kappa shape index (κ1) is 23.4. The molecule has 0 spiro atoms. The Morgan fingerprint density at radius 3 is 2.62 bits per heavy atom. The third-order valence-electron chi connectivity index (χ3n) is 4.35. The number of hydrogen-bond acceptors (Lipinski definition) is 6. The summed E-state index contributed by atoms with van der Waals surface area (Å²) in [5.74, 6) is -1.40. The normalized spacial score (nSPS) is 11.8. The molecule has 0 aliphatic rings. The number of carbonyl (C=O) groups excluding carboxylic acids is 2. The molecule has 0 saturated carbocycles. The number of halogens is 1. The number of benzene rings is 2. The number of anilines is 1. The lowest BCUT2D eigenvalue weighted by molar-refractivity contribution is -0.142. The Morgan fingerprint density at radius 1 is 1.12 bits per heavy atom. The predicted octanol–water partition coefficient (Wildman–Crippen LogP) is 3.33. The smallest absolute Gasteiger partial charge is 0.331 e. The Labute approximate surface area is 190 Å². The van der Waals surface area contributed by atoms with Crippen LogP contribution in [0.5, 0.6) is 0 Å². The molecule has 3 aromatic rings. The van der Waals surface area contributed by atoms with Gasteiger partial charge in [-0.3, -0.25) is 4.79 Å². The van der Waals surface area contributed by atoms with Crippen molar-refractivity contribution in [1.29, 1.82) is 0 Å². The highest BCUT2D eigenvalue weighted by Crippen LogP contribution is 2.26. The van der Waals surface area contributed by atoms with E-state index in [0.717, 1.165) is 15.2 Å². The molecule has 0 radical (unpaired) electrons. The van der Waals surface area contributed by atoms with E-state index < -0.39 is 28.5 Å². The van der Waals surface area contributed by atoms with E-state index in [2.05, 4.69) is 10.3 Å². The summed E-state index contributed by atoms with van der Waals surface area (Å²) >= 11 is 6.04. The van der Waals surface area contributed by atoms with Crippen LogP contribution in [-0.2, 0) is 24.3 Å². The molecule has 0 atom stereocenters. The number of sulfonamides is 1. The highest BCUT2D eigenvalue weighted by Gasteiger charge is 2.19. The molecule has 2 aromatic carbocycles. The lowest BCUT2D eigenvalue weighted by Gasteiger charge is -2.13. The molecule has 32 heavy (non-hydrogen) atoms. The summed E-state index contributed by atoms with van der Waals surface area (Å²) in [7, 11) is -0.919. The van der Waals surface area contributed by atoms with Crippen molar-refractivity contribution in [2.45, 2.75) is 4.90 Å². The van der Waals surface area contributed by atoms with Gasteiger partial charge in [0.05, 0.1) is 26.8 Å². The monoisotopic (exact) mass is 473 g/mol. The van der Waals surface area contributed by atoms with E-state index in [1.807, 2.05) is 30.3 Å². The maximum atomic E-state index is 12.2. The Kier molecular flexibility index (Phi) is 7.24. The minimum absolute atomic E-state index is 0.0370. The number of nitrogens with zero attached hydrogens (tertiary/aromatic N) is 2. The number of rotatable bonds is 7. The molecule has 1 aromatic heterocycles. The minimum atomic E-state index is -3.70. The molecule has 0 aliphatic carbocycles. The maximum absolute atomic E-state index is 12.2. The number of amides is 1. The number of carbonyl (C=O) groups is 2. The molecule has 166 valence electrons. The number of pyridine rings is 1. The molecule has 0 unspecified atom stereocenters. The average molecular weight is 474 g/mol. The summed E-state index contributed by atoms with van der Waals surface area (Å²) in [5, 5.41) is 3.56. The molecule has 0 bridgehead atoms. The van der Waals surface area contributed by atoms with Gasteiger partial charge in [0.15, 0.2) is 6.61 Å². The third-order valence-corrected chi connectivity index (χ3v) is 6.49. The van der Waals surface area contributed by atoms with E-state index in [9.17, 15) is 18.0 Å². The summed E-state index contributed by atoms with van der Waals surface area (Å²) in [4.78, 5) is 28.4. The second kappa shape index (κ2) is 9.90. The van der Waals surface area contributed by atoms with Gasteiger partial charge in [0.1, 0.15) is 0 Å². The zero-order valence-corrected chi connectivity index (χ0v) is 18.9. The molecule has 10 heteroatoms. The molecule has 0 saturated heterocycles. The number of ether oxygens (including phenoxy) is 1. The molecule has 0 aliphatic heterocycles. The van der Waals surface area contributed by atoms with Gasteiger partial charge in [-0.25, -0.2) is 22.5 Å². The lowest BCUT2D eigenvalue weighted by Crippen LogP contribution is -2.23. The minimum Gasteiger partial charge on any atom is -0.452 e. The van der Waals surface area contributed by atoms with E-state index in [1.165, 1.54) is 44.4 Å². The Morgan fingerprint density at radius 2 is 1.88 bits per heavy atom. The van der Waals surface area contributed by atoms with Crippen molar-refractivity contribution in [2.24, 2.45) is 0 Å². The number of aromatic nitrogens is 1. The van der Waals surface area contributed by atoms with Crippen molar-refractivity contribution in [1.82, 2.24) is 9.29 Å². The quantitative estimate of drug-likeness (QED) is 0.416. The van der Waals surface area contributed by atoms with Crippen LogP contribution in [0.25, 0.3) is 17.0 Å². The van der Waals surface area contributed by atoms with Crippen molar-refractivity contribution in [3.05, 3.63) is 71.4 Å². The second-order valence-electron chi connectivity index (χ2n) is 6.85. The predicted molar refractivity (Wildman–Crippen MR) is 123 cm³/mol. The van der Waals surface area contributed by atoms with E-state index in [1.54, 1.807) is 6.07 Å². The van der Waals surface area contributed by atoms with Gasteiger partial charge in [-0.1, -0.05) is 35.9 Å². The molecule has 1 N–H and O–H groups in total. The molecule has 8 nitrogen and oxygen atoms in total. The van der Waals surface area contributed by atoms with Gasteiger partial charge in [-0.05, 0) is 36.4 Å². The number of fused-ring (bicyclic) bond motifs is 1. The zero-order chi connectivity index (χ0) is 23.3. The second-order valence-corrected chi connectivity index (χ2v) is 9.41. The van der Waals surface area contributed by atoms with E-state index in [0.29, 0.717) is 5.69 Å². The van der Waals surface area contributed by atoms with Crippen LogP contribution < -0.4 is 5.32 Å². The standard InChI is InChI=1S/C22H20ClN3O5S/c1-26(2)32(29,30)17-10-11-18(23)20(13-17)25-21(27)14-31-22(28)12-9-16-8-7-15-5-3-4-6-19(15)24-16/h3-13H,14H2,1-2H3,(H,25,27). The van der Waals surface area contributed by atoms with Crippen LogP contribution in [0, 0.1) is 0 Å². The van der Waals surface area contributed by atoms with Crippen LogP contribution in [0.3, 0.4) is 0 Å². The maximum Gasteiger partial charge on any atom is 0.331 e. The summed E-state index contributed by atoms with van der Waals surface area (Å²) in [6.45, 7) is -0.574. The van der Waals surface area contributed by atoms with E-state index in [-0.39, 0.29) is 15.6 Å². The summed E-state index contributed by atoms with van der Waals surface area (Å²) in [6, 6.07) is 15.1. The Bertz CT molecular complexity index is 1310. The summed E-state index contributed by atoms with van der Waals surface area (Å²) in [5.41, 5.74) is 1.44. The van der Waals surface area contributed by atoms with Crippen LogP contribution in [-0.4, -0.2) is 50.3 Å². The van der Waals surface area contributed by atoms with Crippen LogP contribution in [0.1, 0.15) is 5.69 Å². The van der Waals surface area contributed by atoms with Crippen LogP contribution in [0.2, 0.25) is 5.02 Å². The summed E-state index contributed by atoms with van der Waals surface area (Å²) in [6.07, 6.45) is 2.65. The third kappa shape index (κ3) is 5.70. The molecule has 1 amide bonds. The molecule has 0 fully saturated rings. The topological polar surface area (TPSA) is 106 Å². The van der Waals surface area contributed by atoms with Crippen molar-refractivity contribution in [3.63, 3.8) is 0 Å². The first-order valence-corrected chi connectivity index (χ1v) is 11.2. The highest BCUT2D eigenvalue weighted by molar-refractivity contribution is 7.89. The lowest BCUT2D eigenvalue weighted by atomic mass is 10.2. The molecular formula is C22H20ClN3O5S. The SMILES string of the molecule is CN(C)S(=O)(=O)c1ccc(Cl)c(NC(=O)COC(=O)C=Cc2ccc3ccccc3n2)c1. The first-order chi connectivity index (χ1) is 15.2. The van der Waals surface area contributed by atoms with Gasteiger partial charge < -0.3 is 10.1 Å². The van der Waals surface area contributed by atoms with Crippen molar-refractivity contribution < 1.29 is 22.7 Å².